The first kappa shape index (κ1) is 16.8. The Kier molecular flexibility index (Phi) is 5.38. The van der Waals surface area contributed by atoms with Crippen molar-refractivity contribution in [3.8, 4) is 0 Å². The van der Waals surface area contributed by atoms with E-state index in [1.165, 1.54) is 12.1 Å². The molecule has 1 saturated heterocycles. The maximum atomic E-state index is 12.4. The lowest BCUT2D eigenvalue weighted by atomic mass is 10.1. The number of halogens is 2. The molecule has 1 atom stereocenters. The molecule has 3 N–H and O–H groups in total. The standard InChI is InChI=1S/C13H19Cl2N3O2S/c1-2-18-4-3-9(8-18)7-17-21(19,20)13-11(14)5-10(16)6-12(13)15/h5-6,9,17H,2-4,7-8,16H2,1H3. The van der Waals surface area contributed by atoms with Crippen LogP contribution in [-0.2, 0) is 10.0 Å². The lowest BCUT2D eigenvalue weighted by Gasteiger charge is -2.15. The highest BCUT2D eigenvalue weighted by atomic mass is 35.5. The van der Waals surface area contributed by atoms with Gasteiger partial charge in [-0.1, -0.05) is 30.1 Å². The van der Waals surface area contributed by atoms with Gasteiger partial charge in [-0.05, 0) is 37.6 Å². The molecule has 1 fully saturated rings. The number of nitrogens with one attached hydrogen (secondary N) is 1. The molecule has 1 aliphatic heterocycles. The molecule has 118 valence electrons. The van der Waals surface area contributed by atoms with Gasteiger partial charge in [-0.15, -0.1) is 0 Å². The van der Waals surface area contributed by atoms with Crippen molar-refractivity contribution in [2.75, 3.05) is 31.9 Å². The Hall–Kier alpha value is -0.530. The smallest absolute Gasteiger partial charge is 0.243 e. The zero-order valence-electron chi connectivity index (χ0n) is 11.8. The van der Waals surface area contributed by atoms with E-state index in [0.29, 0.717) is 18.2 Å². The summed E-state index contributed by atoms with van der Waals surface area (Å²) in [6.45, 7) is 5.38. The van der Waals surface area contributed by atoms with Crippen molar-refractivity contribution in [2.45, 2.75) is 18.2 Å². The topological polar surface area (TPSA) is 75.4 Å². The predicted molar refractivity (Wildman–Crippen MR) is 86.3 cm³/mol. The highest BCUT2D eigenvalue weighted by molar-refractivity contribution is 7.89. The summed E-state index contributed by atoms with van der Waals surface area (Å²) in [7, 11) is -3.74. The second kappa shape index (κ2) is 6.71. The third-order valence-corrected chi connectivity index (χ3v) is 6.01. The van der Waals surface area contributed by atoms with E-state index in [-0.39, 0.29) is 14.9 Å². The van der Waals surface area contributed by atoms with Gasteiger partial charge in [-0.25, -0.2) is 13.1 Å². The van der Waals surface area contributed by atoms with Gasteiger partial charge in [0.15, 0.2) is 0 Å². The molecule has 0 bridgehead atoms. The number of hydrogen-bond donors (Lipinski definition) is 2. The second-order valence-corrected chi connectivity index (χ2v) is 7.73. The van der Waals surface area contributed by atoms with Crippen molar-refractivity contribution >= 4 is 38.9 Å². The zero-order chi connectivity index (χ0) is 15.6. The number of rotatable bonds is 5. The molecule has 1 aromatic rings. The molecule has 0 aromatic heterocycles. The molecule has 1 aromatic carbocycles. The molecule has 1 unspecified atom stereocenters. The summed E-state index contributed by atoms with van der Waals surface area (Å²) in [4.78, 5) is 2.19. The first-order chi connectivity index (χ1) is 9.83. The van der Waals surface area contributed by atoms with Crippen LogP contribution in [0.3, 0.4) is 0 Å². The zero-order valence-corrected chi connectivity index (χ0v) is 14.1. The Morgan fingerprint density at radius 1 is 1.38 bits per heavy atom. The number of nitrogen functional groups attached to an aromatic ring is 1. The molecular formula is C13H19Cl2N3O2S. The van der Waals surface area contributed by atoms with Crippen LogP contribution >= 0.6 is 23.2 Å². The molecule has 0 spiro atoms. The summed E-state index contributed by atoms with van der Waals surface area (Å²) in [6, 6.07) is 2.77. The van der Waals surface area contributed by atoms with Gasteiger partial charge >= 0.3 is 0 Å². The van der Waals surface area contributed by atoms with Crippen molar-refractivity contribution in [2.24, 2.45) is 5.92 Å². The minimum absolute atomic E-state index is 0.0362. The van der Waals surface area contributed by atoms with Crippen LogP contribution in [0.5, 0.6) is 0 Å². The summed E-state index contributed by atoms with van der Waals surface area (Å²) in [6.07, 6.45) is 0.986. The van der Waals surface area contributed by atoms with Gasteiger partial charge in [0, 0.05) is 18.8 Å². The normalized spacial score (nSPS) is 20.0. The van der Waals surface area contributed by atoms with Gasteiger partial charge in [-0.2, -0.15) is 0 Å². The van der Waals surface area contributed by atoms with Crippen LogP contribution in [-0.4, -0.2) is 39.5 Å². The van der Waals surface area contributed by atoms with E-state index in [4.69, 9.17) is 28.9 Å². The lowest BCUT2D eigenvalue weighted by molar-refractivity contribution is 0.342. The lowest BCUT2D eigenvalue weighted by Crippen LogP contribution is -2.31. The Bertz CT molecular complexity index is 599. The van der Waals surface area contributed by atoms with Crippen molar-refractivity contribution in [3.05, 3.63) is 22.2 Å². The summed E-state index contributed by atoms with van der Waals surface area (Å²) < 4.78 is 27.3. The van der Waals surface area contributed by atoms with Crippen molar-refractivity contribution < 1.29 is 8.42 Å². The summed E-state index contributed by atoms with van der Waals surface area (Å²) in [5.41, 5.74) is 5.92. The molecule has 21 heavy (non-hydrogen) atoms. The number of sulfonamides is 1. The van der Waals surface area contributed by atoms with E-state index >= 15 is 0 Å². The van der Waals surface area contributed by atoms with Crippen molar-refractivity contribution in [3.63, 3.8) is 0 Å². The average Bonchev–Trinajstić information content (AvgIpc) is 2.82. The van der Waals surface area contributed by atoms with Gasteiger partial charge in [0.25, 0.3) is 0 Å². The van der Waals surface area contributed by atoms with E-state index in [9.17, 15) is 8.42 Å². The molecule has 0 amide bonds. The second-order valence-electron chi connectivity index (χ2n) is 5.21. The Morgan fingerprint density at radius 3 is 2.52 bits per heavy atom. The minimum atomic E-state index is -3.74. The summed E-state index contributed by atoms with van der Waals surface area (Å²) in [5, 5.41) is 0.0724. The Morgan fingerprint density at radius 2 is 2.00 bits per heavy atom. The number of hydrogen-bond acceptors (Lipinski definition) is 4. The molecule has 0 aliphatic carbocycles. The number of likely N-dealkylation sites (tertiary alicyclic amines) is 1. The first-order valence-electron chi connectivity index (χ1n) is 6.80. The van der Waals surface area contributed by atoms with Gasteiger partial charge in [0.05, 0.1) is 10.0 Å². The summed E-state index contributed by atoms with van der Waals surface area (Å²) in [5.74, 6) is 0.311. The van der Waals surface area contributed by atoms with E-state index in [0.717, 1.165) is 26.1 Å². The molecule has 2 rings (SSSR count). The fraction of sp³-hybridized carbons (Fsp3) is 0.538. The SMILES string of the molecule is CCN1CCC(CNS(=O)(=O)c2c(Cl)cc(N)cc2Cl)C1. The van der Waals surface area contributed by atoms with Crippen LogP contribution in [0, 0.1) is 5.92 Å². The number of benzene rings is 1. The molecule has 0 saturated carbocycles. The van der Waals surface area contributed by atoms with E-state index in [1.807, 2.05) is 0 Å². The van der Waals surface area contributed by atoms with E-state index in [2.05, 4.69) is 16.5 Å². The largest absolute Gasteiger partial charge is 0.399 e. The van der Waals surface area contributed by atoms with Gasteiger partial charge in [0.2, 0.25) is 10.0 Å². The first-order valence-corrected chi connectivity index (χ1v) is 9.04. The third kappa shape index (κ3) is 4.02. The summed E-state index contributed by atoms with van der Waals surface area (Å²) >= 11 is 11.9. The van der Waals surface area contributed by atoms with Gasteiger partial charge in [-0.3, -0.25) is 0 Å². The maximum absolute atomic E-state index is 12.4. The van der Waals surface area contributed by atoms with Crippen molar-refractivity contribution in [1.29, 1.82) is 0 Å². The van der Waals surface area contributed by atoms with E-state index in [1.54, 1.807) is 0 Å². The maximum Gasteiger partial charge on any atom is 0.243 e. The van der Waals surface area contributed by atoms with Crippen molar-refractivity contribution in [1.82, 2.24) is 9.62 Å². The fourth-order valence-corrected chi connectivity index (χ4v) is 4.85. The molecular weight excluding hydrogens is 333 g/mol. The van der Waals surface area contributed by atoms with Crippen LogP contribution in [0.25, 0.3) is 0 Å². The fourth-order valence-electron chi connectivity index (χ4n) is 2.50. The molecule has 8 heteroatoms. The average molecular weight is 352 g/mol. The third-order valence-electron chi connectivity index (χ3n) is 3.67. The Balaban J connectivity index is 2.09. The van der Waals surface area contributed by atoms with Crippen LogP contribution in [0.4, 0.5) is 5.69 Å². The monoisotopic (exact) mass is 351 g/mol. The predicted octanol–water partition coefficient (Wildman–Crippen LogP) is 2.20. The molecule has 0 radical (unpaired) electrons. The highest BCUT2D eigenvalue weighted by Crippen LogP contribution is 2.31. The van der Waals surface area contributed by atoms with Gasteiger partial charge in [0.1, 0.15) is 4.90 Å². The highest BCUT2D eigenvalue weighted by Gasteiger charge is 2.26. The quantitative estimate of drug-likeness (QED) is 0.797. The number of nitrogens with two attached hydrogens (primary N) is 1. The van der Waals surface area contributed by atoms with Crippen LogP contribution in [0.1, 0.15) is 13.3 Å². The Labute approximate surface area is 135 Å². The minimum Gasteiger partial charge on any atom is -0.399 e. The molecule has 5 nitrogen and oxygen atoms in total. The van der Waals surface area contributed by atoms with Crippen LogP contribution < -0.4 is 10.5 Å². The van der Waals surface area contributed by atoms with E-state index < -0.39 is 10.0 Å². The van der Waals surface area contributed by atoms with Crippen LogP contribution in [0.15, 0.2) is 17.0 Å². The van der Waals surface area contributed by atoms with Crippen LogP contribution in [0.2, 0.25) is 10.0 Å². The van der Waals surface area contributed by atoms with Gasteiger partial charge < -0.3 is 10.6 Å². The molecule has 1 heterocycles. The number of anilines is 1. The molecule has 1 aliphatic rings. The number of nitrogens with zero attached hydrogens (tertiary/aromatic N) is 1.